The number of fused-ring (bicyclic) bond motifs is 1. The van der Waals surface area contributed by atoms with Gasteiger partial charge in [0.25, 0.3) is 0 Å². The molecule has 0 saturated carbocycles. The molecular weight excluding hydrogens is 244 g/mol. The summed E-state index contributed by atoms with van der Waals surface area (Å²) in [5, 5.41) is 9.62. The van der Waals surface area contributed by atoms with Gasteiger partial charge in [0.1, 0.15) is 5.75 Å². The topological polar surface area (TPSA) is 55.8 Å². The van der Waals surface area contributed by atoms with Crippen LogP contribution >= 0.6 is 0 Å². The molecule has 1 fully saturated rings. The Kier molecular flexibility index (Phi) is 2.97. The molecular formula is C15H18O4. The normalized spacial score (nSPS) is 32.9. The van der Waals surface area contributed by atoms with Crippen molar-refractivity contribution in [3.05, 3.63) is 29.8 Å². The van der Waals surface area contributed by atoms with Gasteiger partial charge in [-0.3, -0.25) is 4.79 Å². The van der Waals surface area contributed by atoms with Gasteiger partial charge in [-0.2, -0.15) is 0 Å². The summed E-state index contributed by atoms with van der Waals surface area (Å²) in [7, 11) is 0. The Balaban J connectivity index is 1.87. The largest absolute Gasteiger partial charge is 0.493 e. The van der Waals surface area contributed by atoms with Gasteiger partial charge in [0, 0.05) is 18.1 Å². The molecule has 0 aromatic heterocycles. The maximum atomic E-state index is 11.7. The summed E-state index contributed by atoms with van der Waals surface area (Å²) >= 11 is 0. The average molecular weight is 262 g/mol. The maximum absolute atomic E-state index is 11.7. The zero-order valence-corrected chi connectivity index (χ0v) is 11.0. The minimum atomic E-state index is -0.772. The molecule has 19 heavy (non-hydrogen) atoms. The van der Waals surface area contributed by atoms with Crippen LogP contribution in [-0.2, 0) is 9.53 Å². The van der Waals surface area contributed by atoms with Crippen LogP contribution in [0.2, 0.25) is 0 Å². The summed E-state index contributed by atoms with van der Waals surface area (Å²) in [6, 6.07) is 7.89. The molecule has 2 heterocycles. The second kappa shape index (κ2) is 4.53. The van der Waals surface area contributed by atoms with Crippen LogP contribution in [0.25, 0.3) is 0 Å². The number of benzene rings is 1. The number of rotatable bonds is 3. The summed E-state index contributed by atoms with van der Waals surface area (Å²) in [5.41, 5.74) is 0.355. The van der Waals surface area contributed by atoms with Gasteiger partial charge in [0.05, 0.1) is 18.1 Å². The Morgan fingerprint density at radius 1 is 1.47 bits per heavy atom. The van der Waals surface area contributed by atoms with Gasteiger partial charge < -0.3 is 14.6 Å². The third-order valence-electron chi connectivity index (χ3n) is 4.53. The number of para-hydroxylation sites is 1. The predicted molar refractivity (Wildman–Crippen MR) is 69.4 cm³/mol. The van der Waals surface area contributed by atoms with Crippen LogP contribution in [0.3, 0.4) is 0 Å². The molecule has 1 aromatic carbocycles. The van der Waals surface area contributed by atoms with Gasteiger partial charge in [-0.05, 0) is 25.8 Å². The van der Waals surface area contributed by atoms with Gasteiger partial charge in [0.2, 0.25) is 0 Å². The number of ether oxygens (including phenoxy) is 2. The van der Waals surface area contributed by atoms with Gasteiger partial charge in [-0.25, -0.2) is 0 Å². The van der Waals surface area contributed by atoms with Gasteiger partial charge >= 0.3 is 5.97 Å². The van der Waals surface area contributed by atoms with Crippen molar-refractivity contribution >= 4 is 5.97 Å². The fourth-order valence-electron chi connectivity index (χ4n) is 3.25. The van der Waals surface area contributed by atoms with Crippen LogP contribution in [0, 0.1) is 5.41 Å². The van der Waals surface area contributed by atoms with Crippen molar-refractivity contribution in [3.63, 3.8) is 0 Å². The average Bonchev–Trinajstić information content (AvgIpc) is 2.96. The van der Waals surface area contributed by atoms with E-state index in [9.17, 15) is 9.90 Å². The molecule has 3 unspecified atom stereocenters. The van der Waals surface area contributed by atoms with Gasteiger partial charge in [-0.1, -0.05) is 18.2 Å². The van der Waals surface area contributed by atoms with E-state index in [1.807, 2.05) is 31.2 Å². The van der Waals surface area contributed by atoms with E-state index < -0.39 is 11.4 Å². The molecule has 1 saturated heterocycles. The highest BCUT2D eigenvalue weighted by Crippen LogP contribution is 2.46. The summed E-state index contributed by atoms with van der Waals surface area (Å²) in [6.45, 7) is 2.96. The van der Waals surface area contributed by atoms with Crippen LogP contribution in [0.4, 0.5) is 0 Å². The predicted octanol–water partition coefficient (Wildman–Crippen LogP) is 2.43. The Bertz CT molecular complexity index is 499. The highest BCUT2D eigenvalue weighted by atomic mass is 16.5. The standard InChI is InChI=1S/C15H18O4/c1-10-15(14(16)17,6-7-18-10)8-11-9-19-13-5-3-2-4-12(11)13/h2-5,10-11H,6-9H2,1H3,(H,16,17). The molecule has 3 rings (SSSR count). The van der Waals surface area contributed by atoms with E-state index >= 15 is 0 Å². The van der Waals surface area contributed by atoms with Crippen molar-refractivity contribution < 1.29 is 19.4 Å². The Morgan fingerprint density at radius 2 is 2.26 bits per heavy atom. The molecule has 2 aliphatic rings. The van der Waals surface area contributed by atoms with Gasteiger partial charge in [-0.15, -0.1) is 0 Å². The second-order valence-electron chi connectivity index (χ2n) is 5.47. The van der Waals surface area contributed by atoms with Crippen LogP contribution in [0.15, 0.2) is 24.3 Å². The van der Waals surface area contributed by atoms with E-state index in [2.05, 4.69) is 0 Å². The van der Waals surface area contributed by atoms with Crippen LogP contribution in [0.1, 0.15) is 31.2 Å². The van der Waals surface area contributed by atoms with E-state index in [-0.39, 0.29) is 12.0 Å². The van der Waals surface area contributed by atoms with Crippen LogP contribution in [0.5, 0.6) is 5.75 Å². The molecule has 102 valence electrons. The zero-order chi connectivity index (χ0) is 13.5. The molecule has 0 spiro atoms. The van der Waals surface area contributed by atoms with E-state index in [1.54, 1.807) is 0 Å². The minimum absolute atomic E-state index is 0.149. The van der Waals surface area contributed by atoms with Crippen molar-refractivity contribution in [1.82, 2.24) is 0 Å². The van der Waals surface area contributed by atoms with Crippen molar-refractivity contribution in [2.75, 3.05) is 13.2 Å². The van der Waals surface area contributed by atoms with Crippen LogP contribution < -0.4 is 4.74 Å². The third kappa shape index (κ3) is 1.91. The number of carbonyl (C=O) groups is 1. The lowest BCUT2D eigenvalue weighted by Gasteiger charge is -2.29. The first-order chi connectivity index (χ1) is 9.13. The van der Waals surface area contributed by atoms with Crippen molar-refractivity contribution in [2.45, 2.75) is 31.8 Å². The SMILES string of the molecule is CC1OCCC1(CC1COc2ccccc21)C(=O)O. The molecule has 3 atom stereocenters. The van der Waals surface area contributed by atoms with E-state index in [0.717, 1.165) is 11.3 Å². The number of hydrogen-bond donors (Lipinski definition) is 1. The first-order valence-corrected chi connectivity index (χ1v) is 6.70. The third-order valence-corrected chi connectivity index (χ3v) is 4.53. The van der Waals surface area contributed by atoms with Crippen molar-refractivity contribution in [2.24, 2.45) is 5.41 Å². The molecule has 2 aliphatic heterocycles. The lowest BCUT2D eigenvalue weighted by Crippen LogP contribution is -2.39. The zero-order valence-electron chi connectivity index (χ0n) is 11.0. The fraction of sp³-hybridized carbons (Fsp3) is 0.533. The molecule has 4 nitrogen and oxygen atoms in total. The molecule has 0 bridgehead atoms. The Morgan fingerprint density at radius 3 is 2.95 bits per heavy atom. The van der Waals surface area contributed by atoms with Crippen molar-refractivity contribution in [1.29, 1.82) is 0 Å². The van der Waals surface area contributed by atoms with Crippen molar-refractivity contribution in [3.8, 4) is 5.75 Å². The summed E-state index contributed by atoms with van der Waals surface area (Å²) in [4.78, 5) is 11.7. The number of aliphatic carboxylic acids is 1. The van der Waals surface area contributed by atoms with E-state index in [4.69, 9.17) is 9.47 Å². The number of carboxylic acid groups (broad SMARTS) is 1. The molecule has 1 N–H and O–H groups in total. The number of carboxylic acids is 1. The molecule has 1 aromatic rings. The maximum Gasteiger partial charge on any atom is 0.312 e. The lowest BCUT2D eigenvalue weighted by atomic mass is 9.73. The van der Waals surface area contributed by atoms with Gasteiger partial charge in [0.15, 0.2) is 0 Å². The highest BCUT2D eigenvalue weighted by molar-refractivity contribution is 5.76. The minimum Gasteiger partial charge on any atom is -0.493 e. The summed E-state index contributed by atoms with van der Waals surface area (Å²) in [5.74, 6) is 0.290. The second-order valence-corrected chi connectivity index (χ2v) is 5.47. The molecule has 0 amide bonds. The summed E-state index contributed by atoms with van der Waals surface area (Å²) < 4.78 is 11.2. The molecule has 0 aliphatic carbocycles. The van der Waals surface area contributed by atoms with Crippen LogP contribution in [-0.4, -0.2) is 30.4 Å². The quantitative estimate of drug-likeness (QED) is 0.909. The first kappa shape index (κ1) is 12.5. The molecule has 4 heteroatoms. The fourth-order valence-corrected chi connectivity index (χ4v) is 3.25. The first-order valence-electron chi connectivity index (χ1n) is 6.70. The lowest BCUT2D eigenvalue weighted by molar-refractivity contribution is -0.152. The number of hydrogen-bond acceptors (Lipinski definition) is 3. The van der Waals surface area contributed by atoms with E-state index in [1.165, 1.54) is 0 Å². The Labute approximate surface area is 112 Å². The summed E-state index contributed by atoms with van der Waals surface area (Å²) in [6.07, 6.45) is 0.931. The van der Waals surface area contributed by atoms with E-state index in [0.29, 0.717) is 26.1 Å². The molecule has 0 radical (unpaired) electrons. The highest BCUT2D eigenvalue weighted by Gasteiger charge is 2.50. The monoisotopic (exact) mass is 262 g/mol. The Hall–Kier alpha value is -1.55. The smallest absolute Gasteiger partial charge is 0.312 e.